The zero-order chi connectivity index (χ0) is 14.3. The van der Waals surface area contributed by atoms with Gasteiger partial charge in [-0.2, -0.15) is 5.10 Å². The van der Waals surface area contributed by atoms with Gasteiger partial charge in [-0.05, 0) is 31.0 Å². The fraction of sp³-hybridized carbons (Fsp3) is 0.562. The normalized spacial score (nSPS) is 28.7. The third-order valence-electron chi connectivity index (χ3n) is 4.78. The lowest BCUT2D eigenvalue weighted by atomic mass is 9.78. The minimum atomic E-state index is -0.0926. The van der Waals surface area contributed by atoms with Gasteiger partial charge in [0.15, 0.2) is 0 Å². The summed E-state index contributed by atoms with van der Waals surface area (Å²) in [4.78, 5) is 3.04. The zero-order valence-electron chi connectivity index (χ0n) is 12.3. The largest absolute Gasteiger partial charge is 0.370 e. The third kappa shape index (κ3) is 2.24. The first-order chi connectivity index (χ1) is 10.3. The monoisotopic (exact) mass is 303 g/mol. The van der Waals surface area contributed by atoms with E-state index < -0.39 is 0 Å². The van der Waals surface area contributed by atoms with E-state index in [0.29, 0.717) is 6.04 Å². The van der Waals surface area contributed by atoms with Crippen LogP contribution in [0.2, 0.25) is 0 Å². The summed E-state index contributed by atoms with van der Waals surface area (Å²) in [7, 11) is 0. The number of hydrogen-bond acceptors (Lipinski definition) is 4. The molecule has 1 saturated heterocycles. The molecule has 2 aromatic rings. The number of aryl methyl sites for hydroxylation is 1. The molecule has 5 heteroatoms. The second-order valence-corrected chi connectivity index (χ2v) is 7.21. The molecular weight excluding hydrogens is 282 g/mol. The van der Waals surface area contributed by atoms with Gasteiger partial charge in [0, 0.05) is 40.4 Å². The van der Waals surface area contributed by atoms with Crippen LogP contribution >= 0.6 is 11.3 Å². The molecule has 1 fully saturated rings. The summed E-state index contributed by atoms with van der Waals surface area (Å²) in [6, 6.07) is 2.73. The number of hydrogen-bond donors (Lipinski definition) is 2. The second-order valence-electron chi connectivity index (χ2n) is 5.99. The van der Waals surface area contributed by atoms with Crippen LogP contribution < -0.4 is 5.32 Å². The first kappa shape index (κ1) is 13.5. The van der Waals surface area contributed by atoms with E-state index in [1.54, 1.807) is 4.88 Å². The lowest BCUT2D eigenvalue weighted by molar-refractivity contribution is -0.0889. The highest BCUT2D eigenvalue weighted by Crippen LogP contribution is 2.47. The van der Waals surface area contributed by atoms with E-state index >= 15 is 0 Å². The standard InChI is InChI=1S/C16H21N3OS/c1-2-12-7-13-15(21-12)3-6-20-16(13)4-5-17-14(8-16)11-9-18-19-10-11/h7,9-10,14,17H,2-6,8H2,1H3,(H,18,19). The van der Waals surface area contributed by atoms with Gasteiger partial charge in [0.25, 0.3) is 0 Å². The summed E-state index contributed by atoms with van der Waals surface area (Å²) in [5.41, 5.74) is 2.60. The maximum Gasteiger partial charge on any atom is 0.0972 e. The average Bonchev–Trinajstić information content (AvgIpc) is 3.17. The third-order valence-corrected chi connectivity index (χ3v) is 6.12. The number of ether oxygens (including phenoxy) is 1. The highest BCUT2D eigenvalue weighted by Gasteiger charge is 2.43. The number of aromatic nitrogens is 2. The van der Waals surface area contributed by atoms with Gasteiger partial charge in [-0.15, -0.1) is 11.3 Å². The number of nitrogens with zero attached hydrogens (tertiary/aromatic N) is 1. The van der Waals surface area contributed by atoms with E-state index in [2.05, 4.69) is 28.5 Å². The van der Waals surface area contributed by atoms with Gasteiger partial charge in [0.2, 0.25) is 0 Å². The van der Waals surface area contributed by atoms with E-state index in [4.69, 9.17) is 4.74 Å². The molecule has 21 heavy (non-hydrogen) atoms. The highest BCUT2D eigenvalue weighted by atomic mass is 32.1. The molecule has 0 bridgehead atoms. The van der Waals surface area contributed by atoms with Crippen LogP contribution in [0.15, 0.2) is 18.5 Å². The Morgan fingerprint density at radius 2 is 2.48 bits per heavy atom. The van der Waals surface area contributed by atoms with Crippen LogP contribution in [0, 0.1) is 0 Å². The molecule has 2 atom stereocenters. The Labute approximate surface area is 128 Å². The lowest BCUT2D eigenvalue weighted by Crippen LogP contribution is -2.45. The number of piperidine rings is 1. The maximum absolute atomic E-state index is 6.36. The van der Waals surface area contributed by atoms with Crippen LogP contribution in [-0.2, 0) is 23.2 Å². The number of aromatic amines is 1. The van der Waals surface area contributed by atoms with Gasteiger partial charge in [0.1, 0.15) is 0 Å². The fourth-order valence-corrected chi connectivity index (χ4v) is 4.84. The molecule has 2 aromatic heterocycles. The Morgan fingerprint density at radius 1 is 1.52 bits per heavy atom. The molecule has 0 amide bonds. The molecule has 2 aliphatic rings. The Kier molecular flexibility index (Phi) is 3.36. The van der Waals surface area contributed by atoms with Gasteiger partial charge < -0.3 is 10.1 Å². The van der Waals surface area contributed by atoms with Gasteiger partial charge in [-0.25, -0.2) is 0 Å². The Bertz CT molecular complexity index is 622. The Hall–Kier alpha value is -1.17. The van der Waals surface area contributed by atoms with Crippen LogP contribution in [0.5, 0.6) is 0 Å². The molecule has 112 valence electrons. The number of H-pyrrole nitrogens is 1. The van der Waals surface area contributed by atoms with E-state index in [-0.39, 0.29) is 5.60 Å². The summed E-state index contributed by atoms with van der Waals surface area (Å²) in [5, 5.41) is 10.6. The lowest BCUT2D eigenvalue weighted by Gasteiger charge is -2.43. The summed E-state index contributed by atoms with van der Waals surface area (Å²) < 4.78 is 6.36. The van der Waals surface area contributed by atoms with Crippen molar-refractivity contribution < 1.29 is 4.74 Å². The minimum Gasteiger partial charge on any atom is -0.370 e. The quantitative estimate of drug-likeness (QED) is 0.897. The van der Waals surface area contributed by atoms with Crippen molar-refractivity contribution in [1.82, 2.24) is 15.5 Å². The van der Waals surface area contributed by atoms with Gasteiger partial charge in [0.05, 0.1) is 18.4 Å². The van der Waals surface area contributed by atoms with Crippen molar-refractivity contribution in [2.75, 3.05) is 13.2 Å². The van der Waals surface area contributed by atoms with Crippen molar-refractivity contribution in [3.63, 3.8) is 0 Å². The first-order valence-electron chi connectivity index (χ1n) is 7.79. The van der Waals surface area contributed by atoms with Crippen molar-refractivity contribution >= 4 is 11.3 Å². The minimum absolute atomic E-state index is 0.0926. The predicted octanol–water partition coefficient (Wildman–Crippen LogP) is 2.93. The number of fused-ring (bicyclic) bond motifs is 2. The smallest absolute Gasteiger partial charge is 0.0972 e. The summed E-state index contributed by atoms with van der Waals surface area (Å²) in [6.07, 6.45) is 8.17. The van der Waals surface area contributed by atoms with Crippen LogP contribution in [-0.4, -0.2) is 23.3 Å². The van der Waals surface area contributed by atoms with Crippen molar-refractivity contribution in [2.45, 2.75) is 44.2 Å². The van der Waals surface area contributed by atoms with Gasteiger partial charge >= 0.3 is 0 Å². The molecule has 0 aromatic carbocycles. The van der Waals surface area contributed by atoms with Crippen molar-refractivity contribution in [1.29, 1.82) is 0 Å². The molecule has 2 unspecified atom stereocenters. The molecule has 4 nitrogen and oxygen atoms in total. The Balaban J connectivity index is 1.69. The predicted molar refractivity (Wildman–Crippen MR) is 83.6 cm³/mol. The van der Waals surface area contributed by atoms with E-state index in [9.17, 15) is 0 Å². The van der Waals surface area contributed by atoms with Crippen molar-refractivity contribution in [3.8, 4) is 0 Å². The molecule has 0 radical (unpaired) electrons. The van der Waals surface area contributed by atoms with E-state index in [1.165, 1.54) is 16.0 Å². The summed E-state index contributed by atoms with van der Waals surface area (Å²) >= 11 is 1.98. The SMILES string of the molecule is CCc1cc2c(s1)CCOC21CCNC(c2cn[nH]c2)C1. The number of rotatable bonds is 2. The molecule has 2 N–H and O–H groups in total. The summed E-state index contributed by atoms with van der Waals surface area (Å²) in [6.45, 7) is 4.09. The molecule has 4 heterocycles. The van der Waals surface area contributed by atoms with E-state index in [1.807, 2.05) is 23.7 Å². The molecule has 2 aliphatic heterocycles. The first-order valence-corrected chi connectivity index (χ1v) is 8.60. The Morgan fingerprint density at radius 3 is 3.29 bits per heavy atom. The van der Waals surface area contributed by atoms with Crippen molar-refractivity contribution in [2.24, 2.45) is 0 Å². The average molecular weight is 303 g/mol. The van der Waals surface area contributed by atoms with Crippen LogP contribution in [0.4, 0.5) is 0 Å². The second kappa shape index (κ2) is 5.23. The maximum atomic E-state index is 6.36. The van der Waals surface area contributed by atoms with Crippen LogP contribution in [0.3, 0.4) is 0 Å². The summed E-state index contributed by atoms with van der Waals surface area (Å²) in [5.74, 6) is 0. The molecule has 4 rings (SSSR count). The van der Waals surface area contributed by atoms with Gasteiger partial charge in [-0.1, -0.05) is 6.92 Å². The van der Waals surface area contributed by atoms with Gasteiger partial charge in [-0.3, -0.25) is 5.10 Å². The zero-order valence-corrected chi connectivity index (χ0v) is 13.1. The van der Waals surface area contributed by atoms with Crippen LogP contribution in [0.25, 0.3) is 0 Å². The topological polar surface area (TPSA) is 49.9 Å². The fourth-order valence-electron chi connectivity index (χ4n) is 3.66. The molecule has 1 spiro atoms. The highest BCUT2D eigenvalue weighted by molar-refractivity contribution is 7.12. The number of nitrogens with one attached hydrogen (secondary N) is 2. The van der Waals surface area contributed by atoms with E-state index in [0.717, 1.165) is 38.8 Å². The number of thiophene rings is 1. The van der Waals surface area contributed by atoms with Crippen LogP contribution in [0.1, 0.15) is 46.7 Å². The molecular formula is C16H21N3OS. The molecule has 0 aliphatic carbocycles. The molecule has 0 saturated carbocycles. The van der Waals surface area contributed by atoms with Crippen molar-refractivity contribution in [3.05, 3.63) is 39.3 Å².